The number of hydrogen-bond donors (Lipinski definition) is 2. The van der Waals surface area contributed by atoms with E-state index >= 15 is 0 Å². The number of rotatable bonds is 6. The molecule has 0 saturated carbocycles. The minimum atomic E-state index is -0.765. The first-order chi connectivity index (χ1) is 14.3. The third-order valence-corrected chi connectivity index (χ3v) is 6.00. The molecule has 2 amide bonds. The number of benzene rings is 1. The molecule has 1 fully saturated rings. The number of morpholine rings is 1. The molecule has 0 aliphatic carbocycles. The number of nitrogens with zero attached hydrogens (tertiary/aromatic N) is 2. The Balaban J connectivity index is 1.54. The molecule has 0 spiro atoms. The van der Waals surface area contributed by atoms with Gasteiger partial charge in [0.2, 0.25) is 0 Å². The summed E-state index contributed by atoms with van der Waals surface area (Å²) in [6.07, 6.45) is -0.765. The summed E-state index contributed by atoms with van der Waals surface area (Å²) in [7, 11) is 0. The van der Waals surface area contributed by atoms with Crippen LogP contribution < -0.4 is 20.5 Å². The van der Waals surface area contributed by atoms with Gasteiger partial charge < -0.3 is 14.4 Å². The van der Waals surface area contributed by atoms with Crippen molar-refractivity contribution in [3.63, 3.8) is 0 Å². The van der Waals surface area contributed by atoms with Gasteiger partial charge in [0.25, 0.3) is 11.8 Å². The van der Waals surface area contributed by atoms with Crippen molar-refractivity contribution in [3.05, 3.63) is 40.4 Å². The first kappa shape index (κ1) is 22.0. The first-order valence-electron chi connectivity index (χ1n) is 10.0. The molecule has 1 aliphatic rings. The fourth-order valence-corrected chi connectivity index (χ4v) is 3.98. The largest absolute Gasteiger partial charge is 0.481 e. The maximum atomic E-state index is 12.5. The second-order valence-corrected chi connectivity index (χ2v) is 8.42. The number of amides is 2. The number of carbonyl (C=O) groups is 2. The average molecular weight is 433 g/mol. The molecule has 0 radical (unpaired) electrons. The van der Waals surface area contributed by atoms with Crippen LogP contribution in [0.2, 0.25) is 0 Å². The van der Waals surface area contributed by atoms with Crippen LogP contribution in [0.25, 0.3) is 0 Å². The number of hydrazine groups is 1. The van der Waals surface area contributed by atoms with E-state index in [0.29, 0.717) is 35.5 Å². The van der Waals surface area contributed by atoms with Crippen molar-refractivity contribution in [1.29, 1.82) is 0 Å². The van der Waals surface area contributed by atoms with Crippen LogP contribution in [-0.2, 0) is 9.53 Å². The van der Waals surface area contributed by atoms with Gasteiger partial charge in [-0.3, -0.25) is 20.4 Å². The highest BCUT2D eigenvalue weighted by Crippen LogP contribution is 2.26. The Morgan fingerprint density at radius 3 is 2.63 bits per heavy atom. The SMILES string of the molecule is Cc1nc(N2CCOCC2)sc1C(=O)NNC(=O)C(C)Oc1cccc(C(C)C)c1. The van der Waals surface area contributed by atoms with Crippen LogP contribution in [0.15, 0.2) is 24.3 Å². The van der Waals surface area contributed by atoms with Crippen LogP contribution in [0, 0.1) is 6.92 Å². The summed E-state index contributed by atoms with van der Waals surface area (Å²) < 4.78 is 11.1. The van der Waals surface area contributed by atoms with Crippen molar-refractivity contribution in [2.24, 2.45) is 0 Å². The molecule has 30 heavy (non-hydrogen) atoms. The molecule has 0 bridgehead atoms. The lowest BCUT2D eigenvalue weighted by Gasteiger charge is -2.25. The fourth-order valence-electron chi connectivity index (χ4n) is 2.96. The zero-order valence-corrected chi connectivity index (χ0v) is 18.5. The Morgan fingerprint density at radius 2 is 1.93 bits per heavy atom. The molecule has 1 saturated heterocycles. The van der Waals surface area contributed by atoms with Gasteiger partial charge in [0.1, 0.15) is 10.6 Å². The zero-order valence-electron chi connectivity index (χ0n) is 17.7. The van der Waals surface area contributed by atoms with Crippen molar-refractivity contribution in [2.75, 3.05) is 31.2 Å². The average Bonchev–Trinajstić information content (AvgIpc) is 3.14. The second-order valence-electron chi connectivity index (χ2n) is 7.44. The Labute approximate surface area is 180 Å². The van der Waals surface area contributed by atoms with Gasteiger partial charge in [-0.05, 0) is 37.5 Å². The van der Waals surface area contributed by atoms with Crippen molar-refractivity contribution in [2.45, 2.75) is 39.7 Å². The summed E-state index contributed by atoms with van der Waals surface area (Å²) in [6, 6.07) is 7.64. The maximum absolute atomic E-state index is 12.5. The molecular formula is C21H28N4O4S. The quantitative estimate of drug-likeness (QED) is 0.682. The molecule has 2 heterocycles. The molecule has 1 aromatic carbocycles. The third kappa shape index (κ3) is 5.48. The summed E-state index contributed by atoms with van der Waals surface area (Å²) in [5.41, 5.74) is 6.65. The third-order valence-electron chi connectivity index (χ3n) is 4.78. The molecule has 162 valence electrons. The second kappa shape index (κ2) is 9.90. The zero-order chi connectivity index (χ0) is 21.7. The van der Waals surface area contributed by atoms with Crippen molar-refractivity contribution in [3.8, 4) is 5.75 Å². The predicted molar refractivity (Wildman–Crippen MR) is 116 cm³/mol. The predicted octanol–water partition coefficient (Wildman–Crippen LogP) is 2.64. The van der Waals surface area contributed by atoms with E-state index in [1.165, 1.54) is 11.3 Å². The highest BCUT2D eigenvalue weighted by molar-refractivity contribution is 7.17. The van der Waals surface area contributed by atoms with E-state index in [1.54, 1.807) is 13.8 Å². The van der Waals surface area contributed by atoms with Crippen molar-refractivity contribution >= 4 is 28.3 Å². The Bertz CT molecular complexity index is 893. The van der Waals surface area contributed by atoms with Crippen LogP contribution in [0.3, 0.4) is 0 Å². The monoisotopic (exact) mass is 432 g/mol. The normalized spacial score (nSPS) is 15.0. The molecular weight excluding hydrogens is 404 g/mol. The molecule has 1 aromatic heterocycles. The van der Waals surface area contributed by atoms with Gasteiger partial charge in [0.15, 0.2) is 11.2 Å². The van der Waals surface area contributed by atoms with E-state index in [0.717, 1.165) is 23.8 Å². The Kier molecular flexibility index (Phi) is 7.28. The molecule has 2 aromatic rings. The summed E-state index contributed by atoms with van der Waals surface area (Å²) in [4.78, 5) is 31.9. The number of ether oxygens (including phenoxy) is 2. The highest BCUT2D eigenvalue weighted by atomic mass is 32.1. The van der Waals surface area contributed by atoms with Gasteiger partial charge >= 0.3 is 0 Å². The van der Waals surface area contributed by atoms with E-state index in [-0.39, 0.29) is 0 Å². The maximum Gasteiger partial charge on any atom is 0.281 e. The van der Waals surface area contributed by atoms with Crippen LogP contribution in [0.1, 0.15) is 47.6 Å². The van der Waals surface area contributed by atoms with E-state index < -0.39 is 17.9 Å². The molecule has 1 atom stereocenters. The summed E-state index contributed by atoms with van der Waals surface area (Å²) in [5, 5.41) is 0.786. The van der Waals surface area contributed by atoms with Gasteiger partial charge in [0.05, 0.1) is 18.9 Å². The van der Waals surface area contributed by atoms with Crippen LogP contribution in [0.5, 0.6) is 5.75 Å². The van der Waals surface area contributed by atoms with E-state index in [1.807, 2.05) is 24.3 Å². The smallest absolute Gasteiger partial charge is 0.281 e. The molecule has 9 heteroatoms. The van der Waals surface area contributed by atoms with Crippen molar-refractivity contribution in [1.82, 2.24) is 15.8 Å². The van der Waals surface area contributed by atoms with Crippen LogP contribution in [-0.4, -0.2) is 49.2 Å². The number of aromatic nitrogens is 1. The van der Waals surface area contributed by atoms with Crippen LogP contribution >= 0.6 is 11.3 Å². The van der Waals surface area contributed by atoms with Gasteiger partial charge in [-0.1, -0.05) is 37.3 Å². The molecule has 1 unspecified atom stereocenters. The van der Waals surface area contributed by atoms with Gasteiger partial charge in [-0.2, -0.15) is 0 Å². The van der Waals surface area contributed by atoms with E-state index in [9.17, 15) is 9.59 Å². The summed E-state index contributed by atoms with van der Waals surface area (Å²) in [5.74, 6) is 0.145. The van der Waals surface area contributed by atoms with Gasteiger partial charge in [0, 0.05) is 13.1 Å². The number of thiazole rings is 1. The van der Waals surface area contributed by atoms with E-state index in [4.69, 9.17) is 9.47 Å². The number of hydrogen-bond acceptors (Lipinski definition) is 7. The molecule has 2 N–H and O–H groups in total. The van der Waals surface area contributed by atoms with Gasteiger partial charge in [-0.25, -0.2) is 4.98 Å². The highest BCUT2D eigenvalue weighted by Gasteiger charge is 2.22. The molecule has 1 aliphatic heterocycles. The number of nitrogens with one attached hydrogen (secondary N) is 2. The minimum absolute atomic E-state index is 0.363. The topological polar surface area (TPSA) is 92.8 Å². The lowest BCUT2D eigenvalue weighted by molar-refractivity contribution is -0.128. The first-order valence-corrected chi connectivity index (χ1v) is 10.8. The standard InChI is InChI=1S/C21H28N4O4S/c1-13(2)16-6-5-7-17(12-16)29-15(4)19(26)23-24-20(27)18-14(3)22-21(30-18)25-8-10-28-11-9-25/h5-7,12-13,15H,8-11H2,1-4H3,(H,23,26)(H,24,27). The molecule has 3 rings (SSSR count). The Hall–Kier alpha value is -2.65. The fraction of sp³-hybridized carbons (Fsp3) is 0.476. The molecule has 8 nitrogen and oxygen atoms in total. The summed E-state index contributed by atoms with van der Waals surface area (Å²) in [6.45, 7) is 10.4. The van der Waals surface area contributed by atoms with Crippen molar-refractivity contribution < 1.29 is 19.1 Å². The minimum Gasteiger partial charge on any atom is -0.481 e. The summed E-state index contributed by atoms with van der Waals surface area (Å²) >= 11 is 1.31. The number of carbonyl (C=O) groups excluding carboxylic acids is 2. The van der Waals surface area contributed by atoms with Crippen LogP contribution in [0.4, 0.5) is 5.13 Å². The lowest BCUT2D eigenvalue weighted by atomic mass is 10.0. The Morgan fingerprint density at radius 1 is 1.20 bits per heavy atom. The number of anilines is 1. The number of aryl methyl sites for hydroxylation is 1. The van der Waals surface area contributed by atoms with E-state index in [2.05, 4.69) is 34.6 Å². The van der Waals surface area contributed by atoms with Gasteiger partial charge in [-0.15, -0.1) is 0 Å². The lowest BCUT2D eigenvalue weighted by Crippen LogP contribution is -2.47.